The molecule has 0 N–H and O–H groups in total. The number of fused-ring (bicyclic) bond motifs is 1. The molecule has 0 aliphatic carbocycles. The van der Waals surface area contributed by atoms with Crippen molar-refractivity contribution in [2.24, 2.45) is 0 Å². The average molecular weight is 417 g/mol. The summed E-state index contributed by atoms with van der Waals surface area (Å²) in [5.74, 6) is 2.32. The quantitative estimate of drug-likeness (QED) is 0.322. The van der Waals surface area contributed by atoms with Crippen LogP contribution in [0.25, 0.3) is 23.2 Å². The van der Waals surface area contributed by atoms with Crippen molar-refractivity contribution in [3.8, 4) is 5.75 Å². The average Bonchev–Trinajstić information content (AvgIpc) is 3.11. The number of benzene rings is 3. The third kappa shape index (κ3) is 4.74. The number of imidazole rings is 1. The molecule has 4 aromatic rings. The van der Waals surface area contributed by atoms with Crippen molar-refractivity contribution in [1.82, 2.24) is 9.55 Å². The van der Waals surface area contributed by atoms with E-state index >= 15 is 0 Å². The first-order valence-corrected chi connectivity index (χ1v) is 10.6. The molecule has 0 fully saturated rings. The maximum Gasteiger partial charge on any atom is 0.133 e. The summed E-state index contributed by atoms with van der Waals surface area (Å²) in [5, 5.41) is 0.734. The Morgan fingerprint density at radius 3 is 2.40 bits per heavy atom. The highest BCUT2D eigenvalue weighted by Crippen LogP contribution is 2.21. The van der Waals surface area contributed by atoms with Crippen LogP contribution in [0.5, 0.6) is 5.75 Å². The number of halogens is 1. The molecule has 0 aliphatic heterocycles. The number of hydrogen-bond acceptors (Lipinski definition) is 2. The van der Waals surface area contributed by atoms with Gasteiger partial charge in [0.2, 0.25) is 0 Å². The van der Waals surface area contributed by atoms with Gasteiger partial charge in [0.25, 0.3) is 0 Å². The van der Waals surface area contributed by atoms with Gasteiger partial charge in [-0.15, -0.1) is 0 Å². The zero-order chi connectivity index (χ0) is 20.9. The Morgan fingerprint density at radius 2 is 1.67 bits per heavy atom. The van der Waals surface area contributed by atoms with Crippen molar-refractivity contribution in [2.45, 2.75) is 26.3 Å². The Labute approximate surface area is 182 Å². The van der Waals surface area contributed by atoms with Crippen molar-refractivity contribution in [2.75, 3.05) is 6.61 Å². The van der Waals surface area contributed by atoms with Gasteiger partial charge in [0.1, 0.15) is 18.2 Å². The van der Waals surface area contributed by atoms with E-state index in [0.29, 0.717) is 19.1 Å². The van der Waals surface area contributed by atoms with Gasteiger partial charge in [-0.2, -0.15) is 0 Å². The summed E-state index contributed by atoms with van der Waals surface area (Å²) in [5.41, 5.74) is 4.48. The van der Waals surface area contributed by atoms with Crippen molar-refractivity contribution < 1.29 is 4.74 Å². The van der Waals surface area contributed by atoms with Crippen molar-refractivity contribution in [3.63, 3.8) is 0 Å². The second kappa shape index (κ2) is 9.19. The van der Waals surface area contributed by atoms with E-state index in [-0.39, 0.29) is 0 Å². The molecule has 4 heteroatoms. The van der Waals surface area contributed by atoms with Gasteiger partial charge < -0.3 is 9.30 Å². The minimum Gasteiger partial charge on any atom is -0.492 e. The first-order valence-electron chi connectivity index (χ1n) is 10.2. The molecule has 0 saturated carbocycles. The molecule has 1 aromatic heterocycles. The van der Waals surface area contributed by atoms with Gasteiger partial charge in [-0.1, -0.05) is 67.9 Å². The van der Waals surface area contributed by atoms with Crippen molar-refractivity contribution >= 4 is 34.8 Å². The highest BCUT2D eigenvalue weighted by atomic mass is 35.5. The van der Waals surface area contributed by atoms with E-state index in [1.165, 1.54) is 5.56 Å². The standard InChI is InChI=1S/C26H25ClN2O/c1-19(2)21-10-14-23(15-11-21)30-18-17-29-25-6-4-3-5-24(25)28-26(29)16-9-20-7-12-22(27)13-8-20/h3-16,19H,17-18H2,1-2H3/b16-9+. The van der Waals surface area contributed by atoms with Gasteiger partial charge in [0.05, 0.1) is 17.6 Å². The molecule has 0 saturated heterocycles. The molecule has 0 atom stereocenters. The molecule has 3 aromatic carbocycles. The zero-order valence-electron chi connectivity index (χ0n) is 17.3. The second-order valence-corrected chi connectivity index (χ2v) is 8.00. The Bertz CT molecular complexity index is 1140. The van der Waals surface area contributed by atoms with Crippen LogP contribution < -0.4 is 4.74 Å². The topological polar surface area (TPSA) is 27.1 Å². The summed E-state index contributed by atoms with van der Waals surface area (Å²) in [6, 6.07) is 24.3. The first-order chi connectivity index (χ1) is 14.6. The molecule has 3 nitrogen and oxygen atoms in total. The van der Waals surface area contributed by atoms with Crippen LogP contribution in [0.4, 0.5) is 0 Å². The Hall–Kier alpha value is -3.04. The number of nitrogens with zero attached hydrogens (tertiary/aromatic N) is 2. The van der Waals surface area contributed by atoms with Gasteiger partial charge in [0, 0.05) is 5.02 Å². The molecule has 152 valence electrons. The summed E-state index contributed by atoms with van der Waals surface area (Å²) in [6.45, 7) is 5.67. The van der Waals surface area contributed by atoms with Crippen LogP contribution in [-0.2, 0) is 6.54 Å². The first kappa shape index (κ1) is 20.2. The van der Waals surface area contributed by atoms with E-state index < -0.39 is 0 Å². The Morgan fingerprint density at radius 1 is 0.933 bits per heavy atom. The highest BCUT2D eigenvalue weighted by Gasteiger charge is 2.08. The van der Waals surface area contributed by atoms with Gasteiger partial charge in [-0.05, 0) is 59.5 Å². The summed E-state index contributed by atoms with van der Waals surface area (Å²) in [4.78, 5) is 4.80. The molecule has 1 heterocycles. The monoisotopic (exact) mass is 416 g/mol. The van der Waals surface area contributed by atoms with Crippen molar-refractivity contribution in [1.29, 1.82) is 0 Å². The smallest absolute Gasteiger partial charge is 0.133 e. The molecule has 0 unspecified atom stereocenters. The normalized spacial score (nSPS) is 11.6. The van der Waals surface area contributed by atoms with Crippen LogP contribution >= 0.6 is 11.6 Å². The fourth-order valence-corrected chi connectivity index (χ4v) is 3.53. The van der Waals surface area contributed by atoms with E-state index in [4.69, 9.17) is 21.3 Å². The van der Waals surface area contributed by atoms with Crippen LogP contribution in [0.2, 0.25) is 5.02 Å². The van der Waals surface area contributed by atoms with Crippen molar-refractivity contribution in [3.05, 3.63) is 94.8 Å². The molecular weight excluding hydrogens is 392 g/mol. The maximum absolute atomic E-state index is 6.01. The molecular formula is C26H25ClN2O. The zero-order valence-corrected chi connectivity index (χ0v) is 18.0. The molecule has 4 rings (SSSR count). The van der Waals surface area contributed by atoms with Gasteiger partial charge in [0.15, 0.2) is 0 Å². The summed E-state index contributed by atoms with van der Waals surface area (Å²) < 4.78 is 8.21. The van der Waals surface area contributed by atoms with E-state index in [2.05, 4.69) is 42.7 Å². The van der Waals surface area contributed by atoms with E-state index in [0.717, 1.165) is 33.2 Å². The van der Waals surface area contributed by atoms with E-state index in [1.807, 2.05) is 60.7 Å². The van der Waals surface area contributed by atoms with Crippen LogP contribution in [0.15, 0.2) is 72.8 Å². The number of aromatic nitrogens is 2. The van der Waals surface area contributed by atoms with Gasteiger partial charge in [-0.25, -0.2) is 4.98 Å². The molecule has 0 radical (unpaired) electrons. The minimum atomic E-state index is 0.520. The van der Waals surface area contributed by atoms with Gasteiger partial charge in [-0.3, -0.25) is 0 Å². The lowest BCUT2D eigenvalue weighted by Crippen LogP contribution is -2.09. The predicted molar refractivity (Wildman–Crippen MR) is 126 cm³/mol. The highest BCUT2D eigenvalue weighted by molar-refractivity contribution is 6.30. The molecule has 0 bridgehead atoms. The lowest BCUT2D eigenvalue weighted by Gasteiger charge is -2.11. The minimum absolute atomic E-state index is 0.520. The Balaban J connectivity index is 1.52. The summed E-state index contributed by atoms with van der Waals surface area (Å²) in [6.07, 6.45) is 4.10. The van der Waals surface area contributed by atoms with Crippen LogP contribution in [0, 0.1) is 0 Å². The van der Waals surface area contributed by atoms with Gasteiger partial charge >= 0.3 is 0 Å². The Kier molecular flexibility index (Phi) is 6.20. The molecule has 30 heavy (non-hydrogen) atoms. The van der Waals surface area contributed by atoms with E-state index in [9.17, 15) is 0 Å². The fourth-order valence-electron chi connectivity index (χ4n) is 3.40. The maximum atomic E-state index is 6.01. The molecule has 0 spiro atoms. The lowest BCUT2D eigenvalue weighted by molar-refractivity contribution is 0.299. The summed E-state index contributed by atoms with van der Waals surface area (Å²) >= 11 is 5.98. The third-order valence-corrected chi connectivity index (χ3v) is 5.36. The number of para-hydroxylation sites is 2. The van der Waals surface area contributed by atoms with Crippen LogP contribution in [0.1, 0.15) is 36.7 Å². The van der Waals surface area contributed by atoms with Crippen LogP contribution in [0.3, 0.4) is 0 Å². The third-order valence-electron chi connectivity index (χ3n) is 5.11. The van der Waals surface area contributed by atoms with Crippen LogP contribution in [-0.4, -0.2) is 16.2 Å². The fraction of sp³-hybridized carbons (Fsp3) is 0.192. The molecule has 0 amide bonds. The second-order valence-electron chi connectivity index (χ2n) is 7.57. The van der Waals surface area contributed by atoms with E-state index in [1.54, 1.807) is 0 Å². The predicted octanol–water partition coefficient (Wildman–Crippen LogP) is 7.06. The number of rotatable bonds is 7. The largest absolute Gasteiger partial charge is 0.492 e. The SMILES string of the molecule is CC(C)c1ccc(OCCn2c(/C=C/c3ccc(Cl)cc3)nc3ccccc32)cc1. The molecule has 0 aliphatic rings. The number of hydrogen-bond donors (Lipinski definition) is 0. The number of ether oxygens (including phenoxy) is 1. The lowest BCUT2D eigenvalue weighted by atomic mass is 10.0. The summed E-state index contributed by atoms with van der Waals surface area (Å²) in [7, 11) is 0.